The minimum absolute atomic E-state index is 0.0362. The zero-order valence-corrected chi connectivity index (χ0v) is 12.5. The minimum Gasteiger partial charge on any atom is -0.497 e. The molecule has 0 aliphatic heterocycles. The molecule has 0 saturated heterocycles. The Labute approximate surface area is 123 Å². The van der Waals surface area contributed by atoms with Crippen LogP contribution in [0.3, 0.4) is 0 Å². The minimum atomic E-state index is 0.0362. The molecule has 1 aromatic carbocycles. The Morgan fingerprint density at radius 1 is 1.14 bits per heavy atom. The van der Waals surface area contributed by atoms with Crippen molar-refractivity contribution < 1.29 is 4.74 Å². The van der Waals surface area contributed by atoms with Crippen LogP contribution in [0.2, 0.25) is 0 Å². The van der Waals surface area contributed by atoms with E-state index >= 15 is 0 Å². The summed E-state index contributed by atoms with van der Waals surface area (Å²) in [4.78, 5) is 12.4. The third kappa shape index (κ3) is 2.13. The molecule has 0 radical (unpaired) electrons. The molecular formula is C17H18N2O2. The highest BCUT2D eigenvalue weighted by molar-refractivity contribution is 5.94. The van der Waals surface area contributed by atoms with Gasteiger partial charge in [0.15, 0.2) is 0 Å². The van der Waals surface area contributed by atoms with Crippen molar-refractivity contribution in [2.24, 2.45) is 7.05 Å². The number of nitrogens with zero attached hydrogens (tertiary/aromatic N) is 2. The second-order valence-corrected chi connectivity index (χ2v) is 5.05. The first kappa shape index (κ1) is 13.5. The Bertz CT molecular complexity index is 842. The van der Waals surface area contributed by atoms with Crippen LogP contribution < -0.4 is 10.3 Å². The van der Waals surface area contributed by atoms with Gasteiger partial charge in [0, 0.05) is 36.9 Å². The van der Waals surface area contributed by atoms with Gasteiger partial charge in [-0.3, -0.25) is 4.79 Å². The Morgan fingerprint density at radius 2 is 1.86 bits per heavy atom. The number of aromatic nitrogens is 2. The highest BCUT2D eigenvalue weighted by Crippen LogP contribution is 2.28. The van der Waals surface area contributed by atoms with E-state index in [-0.39, 0.29) is 5.56 Å². The van der Waals surface area contributed by atoms with Gasteiger partial charge in [0.05, 0.1) is 7.11 Å². The largest absolute Gasteiger partial charge is 0.497 e. The van der Waals surface area contributed by atoms with Crippen LogP contribution >= 0.6 is 0 Å². The Balaban J connectivity index is 2.29. The van der Waals surface area contributed by atoms with Gasteiger partial charge in [-0.15, -0.1) is 0 Å². The molecule has 21 heavy (non-hydrogen) atoms. The number of hydrogen-bond acceptors (Lipinski definition) is 2. The number of benzene rings is 1. The fourth-order valence-corrected chi connectivity index (χ4v) is 2.68. The molecule has 3 aromatic rings. The van der Waals surface area contributed by atoms with Gasteiger partial charge in [-0.25, -0.2) is 0 Å². The van der Waals surface area contributed by atoms with E-state index < -0.39 is 0 Å². The Kier molecular flexibility index (Phi) is 3.29. The molecule has 0 N–H and O–H groups in total. The molecule has 2 heterocycles. The van der Waals surface area contributed by atoms with E-state index in [0.29, 0.717) is 0 Å². The van der Waals surface area contributed by atoms with Crippen LogP contribution in [0.5, 0.6) is 5.75 Å². The highest BCUT2D eigenvalue weighted by Gasteiger charge is 2.12. The van der Waals surface area contributed by atoms with Crippen LogP contribution in [-0.4, -0.2) is 16.2 Å². The lowest BCUT2D eigenvalue weighted by Crippen LogP contribution is -2.18. The lowest BCUT2D eigenvalue weighted by atomic mass is 10.0. The summed E-state index contributed by atoms with van der Waals surface area (Å²) in [6.45, 7) is 2.82. The summed E-state index contributed by atoms with van der Waals surface area (Å²) in [5.41, 5.74) is 2.93. The number of pyridine rings is 1. The third-order valence-corrected chi connectivity index (χ3v) is 3.84. The summed E-state index contributed by atoms with van der Waals surface area (Å²) in [6, 6.07) is 9.91. The molecule has 108 valence electrons. The van der Waals surface area contributed by atoms with Crippen molar-refractivity contribution >= 4 is 10.9 Å². The van der Waals surface area contributed by atoms with Crippen LogP contribution in [0.1, 0.15) is 6.92 Å². The average Bonchev–Trinajstić information content (AvgIpc) is 2.95. The monoisotopic (exact) mass is 282 g/mol. The summed E-state index contributed by atoms with van der Waals surface area (Å²) in [7, 11) is 3.45. The van der Waals surface area contributed by atoms with Crippen molar-refractivity contribution in [3.63, 3.8) is 0 Å². The maximum absolute atomic E-state index is 12.4. The van der Waals surface area contributed by atoms with Gasteiger partial charge in [0.2, 0.25) is 0 Å². The zero-order chi connectivity index (χ0) is 15.0. The molecule has 0 bridgehead atoms. The molecule has 0 amide bonds. The second-order valence-electron chi connectivity index (χ2n) is 5.05. The van der Waals surface area contributed by atoms with Gasteiger partial charge in [0.1, 0.15) is 11.3 Å². The lowest BCUT2D eigenvalue weighted by Gasteiger charge is -2.09. The number of hydrogen-bond donors (Lipinski definition) is 0. The number of aryl methyl sites for hydroxylation is 2. The molecule has 0 unspecified atom stereocenters. The van der Waals surface area contributed by atoms with Gasteiger partial charge in [-0.05, 0) is 30.7 Å². The van der Waals surface area contributed by atoms with E-state index in [9.17, 15) is 4.79 Å². The Morgan fingerprint density at radius 3 is 2.48 bits per heavy atom. The van der Waals surface area contributed by atoms with E-state index in [4.69, 9.17) is 4.74 Å². The topological polar surface area (TPSA) is 36.2 Å². The van der Waals surface area contributed by atoms with E-state index in [1.165, 1.54) is 0 Å². The first-order valence-electron chi connectivity index (χ1n) is 6.98. The van der Waals surface area contributed by atoms with Crippen molar-refractivity contribution in [1.29, 1.82) is 0 Å². The van der Waals surface area contributed by atoms with Crippen LogP contribution in [0, 0.1) is 0 Å². The number of methoxy groups -OCH3 is 1. The van der Waals surface area contributed by atoms with Gasteiger partial charge in [-0.1, -0.05) is 12.1 Å². The van der Waals surface area contributed by atoms with Crippen molar-refractivity contribution in [1.82, 2.24) is 9.13 Å². The maximum Gasteiger partial charge on any atom is 0.274 e. The van der Waals surface area contributed by atoms with E-state index in [2.05, 4.69) is 0 Å². The van der Waals surface area contributed by atoms with E-state index in [1.54, 1.807) is 18.7 Å². The van der Waals surface area contributed by atoms with Crippen LogP contribution in [-0.2, 0) is 13.6 Å². The summed E-state index contributed by atoms with van der Waals surface area (Å²) < 4.78 is 8.84. The molecule has 3 rings (SSSR count). The molecule has 0 saturated carbocycles. The molecule has 4 heteroatoms. The summed E-state index contributed by atoms with van der Waals surface area (Å²) in [5, 5.41) is 0.991. The standard InChI is InChI=1S/C17H18N2O2/c1-4-19-10-9-14-15(11-18(2)17(20)16(14)19)12-5-7-13(21-3)8-6-12/h5-11H,4H2,1-3H3. The quantitative estimate of drug-likeness (QED) is 0.740. The molecule has 0 atom stereocenters. The molecular weight excluding hydrogens is 264 g/mol. The van der Waals surface area contributed by atoms with Crippen molar-refractivity contribution in [2.45, 2.75) is 13.5 Å². The van der Waals surface area contributed by atoms with Gasteiger partial charge >= 0.3 is 0 Å². The highest BCUT2D eigenvalue weighted by atomic mass is 16.5. The number of fused-ring (bicyclic) bond motifs is 1. The number of ether oxygens (including phenoxy) is 1. The maximum atomic E-state index is 12.4. The third-order valence-electron chi connectivity index (χ3n) is 3.84. The summed E-state index contributed by atoms with van der Waals surface area (Å²) in [5.74, 6) is 0.825. The first-order valence-corrected chi connectivity index (χ1v) is 6.98. The van der Waals surface area contributed by atoms with Crippen molar-refractivity contribution in [3.8, 4) is 16.9 Å². The average molecular weight is 282 g/mol. The van der Waals surface area contributed by atoms with Gasteiger partial charge < -0.3 is 13.9 Å². The molecule has 2 aromatic heterocycles. The van der Waals surface area contributed by atoms with Crippen LogP contribution in [0.15, 0.2) is 47.5 Å². The van der Waals surface area contributed by atoms with E-state index in [1.807, 2.05) is 54.2 Å². The molecule has 0 aliphatic rings. The fourth-order valence-electron chi connectivity index (χ4n) is 2.68. The van der Waals surface area contributed by atoms with Crippen LogP contribution in [0.25, 0.3) is 22.0 Å². The second kappa shape index (κ2) is 5.13. The molecule has 0 spiro atoms. The number of rotatable bonds is 3. The predicted octanol–water partition coefficient (Wildman–Crippen LogP) is 3.04. The zero-order valence-electron chi connectivity index (χ0n) is 12.5. The lowest BCUT2D eigenvalue weighted by molar-refractivity contribution is 0.415. The predicted molar refractivity (Wildman–Crippen MR) is 84.8 cm³/mol. The SMILES string of the molecule is CCn1ccc2c(-c3ccc(OC)cc3)cn(C)c(=O)c21. The van der Waals surface area contributed by atoms with Gasteiger partial charge in [0.25, 0.3) is 5.56 Å². The smallest absolute Gasteiger partial charge is 0.274 e. The molecule has 0 fully saturated rings. The van der Waals surface area contributed by atoms with Gasteiger partial charge in [-0.2, -0.15) is 0 Å². The Hall–Kier alpha value is -2.49. The van der Waals surface area contributed by atoms with Crippen LogP contribution in [0.4, 0.5) is 0 Å². The normalized spacial score (nSPS) is 11.0. The van der Waals surface area contributed by atoms with E-state index in [0.717, 1.165) is 34.3 Å². The fraction of sp³-hybridized carbons (Fsp3) is 0.235. The first-order chi connectivity index (χ1) is 10.2. The van der Waals surface area contributed by atoms with Crippen molar-refractivity contribution in [3.05, 3.63) is 53.1 Å². The van der Waals surface area contributed by atoms with Crippen molar-refractivity contribution in [2.75, 3.05) is 7.11 Å². The summed E-state index contributed by atoms with van der Waals surface area (Å²) >= 11 is 0. The molecule has 0 aliphatic carbocycles. The summed E-state index contributed by atoms with van der Waals surface area (Å²) in [6.07, 6.45) is 3.87. The molecule has 4 nitrogen and oxygen atoms in total.